The minimum absolute atomic E-state index is 0.0747. The predicted molar refractivity (Wildman–Crippen MR) is 169 cm³/mol. The molecule has 3 aromatic carbocycles. The third-order valence-corrected chi connectivity index (χ3v) is 9.28. The zero-order valence-corrected chi connectivity index (χ0v) is 25.7. The van der Waals surface area contributed by atoms with Crippen LogP contribution < -0.4 is 9.62 Å². The number of carbonyl (C=O) groups excluding carboxylic acids is 2. The molecule has 4 rings (SSSR count). The van der Waals surface area contributed by atoms with Crippen LogP contribution in [-0.2, 0) is 32.6 Å². The van der Waals surface area contributed by atoms with E-state index in [0.717, 1.165) is 43.1 Å². The monoisotopic (exact) mass is 609 g/mol. The summed E-state index contributed by atoms with van der Waals surface area (Å²) < 4.78 is 26.5. The van der Waals surface area contributed by atoms with Crippen LogP contribution in [0.15, 0.2) is 84.9 Å². The fourth-order valence-electron chi connectivity index (χ4n) is 5.51. The smallest absolute Gasteiger partial charge is 0.243 e. The Kier molecular flexibility index (Phi) is 11.4. The number of rotatable bonds is 13. The Hall–Kier alpha value is -3.36. The Morgan fingerprint density at radius 2 is 1.52 bits per heavy atom. The number of carbonyl (C=O) groups is 2. The molecule has 7 nitrogen and oxygen atoms in total. The predicted octanol–water partition coefficient (Wildman–Crippen LogP) is 5.98. The Morgan fingerprint density at radius 1 is 0.905 bits per heavy atom. The van der Waals surface area contributed by atoms with Gasteiger partial charge in [-0.15, -0.1) is 0 Å². The lowest BCUT2D eigenvalue weighted by atomic mass is 9.94. The van der Waals surface area contributed by atoms with Crippen LogP contribution in [0, 0.1) is 0 Å². The molecule has 1 aliphatic carbocycles. The number of sulfonamides is 1. The van der Waals surface area contributed by atoms with Crippen molar-refractivity contribution < 1.29 is 18.0 Å². The van der Waals surface area contributed by atoms with Crippen LogP contribution in [0.1, 0.15) is 56.1 Å². The summed E-state index contributed by atoms with van der Waals surface area (Å²) >= 11 is 6.53. The van der Waals surface area contributed by atoms with Gasteiger partial charge in [-0.3, -0.25) is 13.9 Å². The number of halogens is 1. The first-order valence-electron chi connectivity index (χ1n) is 14.6. The summed E-state index contributed by atoms with van der Waals surface area (Å²) in [7, 11) is -3.55. The maximum atomic E-state index is 14.0. The molecule has 1 N–H and O–H groups in total. The Morgan fingerprint density at radius 3 is 2.17 bits per heavy atom. The molecular weight excluding hydrogens is 570 g/mol. The highest BCUT2D eigenvalue weighted by atomic mass is 35.5. The average Bonchev–Trinajstić information content (AvgIpc) is 2.98. The van der Waals surface area contributed by atoms with E-state index in [-0.39, 0.29) is 37.4 Å². The van der Waals surface area contributed by atoms with E-state index in [4.69, 9.17) is 11.6 Å². The molecule has 2 amide bonds. The van der Waals surface area contributed by atoms with Crippen LogP contribution in [0.2, 0.25) is 5.02 Å². The van der Waals surface area contributed by atoms with E-state index < -0.39 is 16.1 Å². The van der Waals surface area contributed by atoms with Gasteiger partial charge < -0.3 is 10.2 Å². The Balaban J connectivity index is 1.59. The van der Waals surface area contributed by atoms with Crippen LogP contribution in [-0.4, -0.2) is 50.0 Å². The van der Waals surface area contributed by atoms with Crippen molar-refractivity contribution in [1.82, 2.24) is 10.2 Å². The molecular formula is C33H40ClN3O4S. The molecule has 42 heavy (non-hydrogen) atoms. The Bertz CT molecular complexity index is 1410. The average molecular weight is 610 g/mol. The van der Waals surface area contributed by atoms with Crippen molar-refractivity contribution >= 4 is 39.1 Å². The second-order valence-corrected chi connectivity index (χ2v) is 13.3. The van der Waals surface area contributed by atoms with Crippen molar-refractivity contribution in [2.45, 2.75) is 70.0 Å². The number of amides is 2. The summed E-state index contributed by atoms with van der Waals surface area (Å²) in [6, 6.07) is 25.2. The maximum absolute atomic E-state index is 14.0. The van der Waals surface area contributed by atoms with Crippen LogP contribution in [0.3, 0.4) is 0 Å². The van der Waals surface area contributed by atoms with Gasteiger partial charge in [-0.2, -0.15) is 0 Å². The zero-order valence-electron chi connectivity index (χ0n) is 24.1. The van der Waals surface area contributed by atoms with Crippen LogP contribution >= 0.6 is 11.6 Å². The van der Waals surface area contributed by atoms with Crippen LogP contribution in [0.5, 0.6) is 0 Å². The summed E-state index contributed by atoms with van der Waals surface area (Å²) in [4.78, 5) is 29.5. The largest absolute Gasteiger partial charge is 0.352 e. The van der Waals surface area contributed by atoms with E-state index in [1.165, 1.54) is 10.7 Å². The number of benzene rings is 3. The number of anilines is 1. The summed E-state index contributed by atoms with van der Waals surface area (Å²) in [5.74, 6) is -0.399. The SMILES string of the molecule is CS(=O)(=O)N(CCCC(=O)N(Cc1ccccc1Cl)[C@H](Cc1ccccc1)C(=O)NC1CCCCC1)c1ccccc1. The highest BCUT2D eigenvalue weighted by molar-refractivity contribution is 7.92. The van der Waals surface area contributed by atoms with E-state index in [0.29, 0.717) is 23.6 Å². The molecule has 1 aliphatic rings. The van der Waals surface area contributed by atoms with Gasteiger partial charge in [0.1, 0.15) is 6.04 Å². The quantitative estimate of drug-likeness (QED) is 0.258. The molecule has 0 aromatic heterocycles. The van der Waals surface area contributed by atoms with Gasteiger partial charge in [0.25, 0.3) is 0 Å². The van der Waals surface area contributed by atoms with Gasteiger partial charge in [-0.1, -0.05) is 97.6 Å². The minimum Gasteiger partial charge on any atom is -0.352 e. The van der Waals surface area contributed by atoms with Gasteiger partial charge in [0.05, 0.1) is 11.9 Å². The number of para-hydroxylation sites is 1. The van der Waals surface area contributed by atoms with E-state index in [1.54, 1.807) is 35.2 Å². The summed E-state index contributed by atoms with van der Waals surface area (Å²) in [5, 5.41) is 3.76. The first-order valence-corrected chi connectivity index (χ1v) is 16.8. The molecule has 0 heterocycles. The maximum Gasteiger partial charge on any atom is 0.243 e. The molecule has 0 spiro atoms. The molecule has 0 saturated heterocycles. The molecule has 0 radical (unpaired) electrons. The standard InChI is InChI=1S/C33H40ClN3O4S/c1-42(40,41)37(29-19-9-4-10-20-29)23-13-22-32(38)36(25-27-16-11-12-21-30(27)34)31(24-26-14-5-2-6-15-26)33(39)35-28-17-7-3-8-18-28/h2,4-6,9-12,14-16,19-21,28,31H,3,7-8,13,17-18,22-25H2,1H3,(H,35,39)/t31-/m1/s1. The second-order valence-electron chi connectivity index (χ2n) is 10.9. The van der Waals surface area contributed by atoms with Gasteiger partial charge in [0.15, 0.2) is 0 Å². The second kappa shape index (κ2) is 15.2. The lowest BCUT2D eigenvalue weighted by Gasteiger charge is -2.34. The molecule has 224 valence electrons. The van der Waals surface area contributed by atoms with Crippen LogP contribution in [0.4, 0.5) is 5.69 Å². The molecule has 0 unspecified atom stereocenters. The fourth-order valence-corrected chi connectivity index (χ4v) is 6.67. The zero-order chi connectivity index (χ0) is 30.0. The van der Waals surface area contributed by atoms with Gasteiger partial charge in [-0.05, 0) is 48.6 Å². The number of hydrogen-bond acceptors (Lipinski definition) is 4. The van der Waals surface area contributed by atoms with E-state index in [1.807, 2.05) is 54.6 Å². The molecule has 1 atom stereocenters. The Labute approximate surface area is 254 Å². The molecule has 9 heteroatoms. The number of nitrogens with one attached hydrogen (secondary N) is 1. The first-order chi connectivity index (χ1) is 20.2. The molecule has 0 aliphatic heterocycles. The third-order valence-electron chi connectivity index (χ3n) is 7.72. The van der Waals surface area contributed by atoms with Gasteiger partial charge in [-0.25, -0.2) is 8.42 Å². The van der Waals surface area contributed by atoms with Crippen molar-refractivity contribution in [2.24, 2.45) is 0 Å². The van der Waals surface area contributed by atoms with Crippen molar-refractivity contribution in [1.29, 1.82) is 0 Å². The summed E-state index contributed by atoms with van der Waals surface area (Å²) in [5.41, 5.74) is 2.25. The topological polar surface area (TPSA) is 86.8 Å². The van der Waals surface area contributed by atoms with Crippen molar-refractivity contribution in [3.05, 3.63) is 101 Å². The molecule has 0 bridgehead atoms. The van der Waals surface area contributed by atoms with E-state index >= 15 is 0 Å². The highest BCUT2D eigenvalue weighted by Crippen LogP contribution is 2.24. The molecule has 1 fully saturated rings. The van der Waals surface area contributed by atoms with E-state index in [9.17, 15) is 18.0 Å². The third kappa shape index (κ3) is 9.07. The normalized spacial score (nSPS) is 14.6. The van der Waals surface area contributed by atoms with Crippen LogP contribution in [0.25, 0.3) is 0 Å². The fraction of sp³-hybridized carbons (Fsp3) is 0.394. The van der Waals surface area contributed by atoms with Crippen molar-refractivity contribution in [3.8, 4) is 0 Å². The van der Waals surface area contributed by atoms with E-state index in [2.05, 4.69) is 5.32 Å². The summed E-state index contributed by atoms with van der Waals surface area (Å²) in [6.07, 6.45) is 7.08. The first kappa shape index (κ1) is 31.6. The number of hydrogen-bond donors (Lipinski definition) is 1. The van der Waals surface area contributed by atoms with Gasteiger partial charge in [0.2, 0.25) is 21.8 Å². The van der Waals surface area contributed by atoms with Gasteiger partial charge >= 0.3 is 0 Å². The molecule has 1 saturated carbocycles. The van der Waals surface area contributed by atoms with Crippen molar-refractivity contribution in [2.75, 3.05) is 17.1 Å². The molecule has 3 aromatic rings. The lowest BCUT2D eigenvalue weighted by Crippen LogP contribution is -2.53. The highest BCUT2D eigenvalue weighted by Gasteiger charge is 2.32. The van der Waals surface area contributed by atoms with Crippen molar-refractivity contribution in [3.63, 3.8) is 0 Å². The lowest BCUT2D eigenvalue weighted by molar-refractivity contribution is -0.141. The van der Waals surface area contributed by atoms with Gasteiger partial charge in [0, 0.05) is 37.0 Å². The summed E-state index contributed by atoms with van der Waals surface area (Å²) in [6.45, 7) is 0.314. The minimum atomic E-state index is -3.55. The number of nitrogens with zero attached hydrogens (tertiary/aromatic N) is 2.